The van der Waals surface area contributed by atoms with Gasteiger partial charge < -0.3 is 24.6 Å². The average Bonchev–Trinajstić information content (AvgIpc) is 2.71. The van der Waals surface area contributed by atoms with Gasteiger partial charge in [-0.2, -0.15) is 0 Å². The third-order valence-corrected chi connectivity index (χ3v) is 6.13. The summed E-state index contributed by atoms with van der Waals surface area (Å²) in [6.07, 6.45) is 14.3. The summed E-state index contributed by atoms with van der Waals surface area (Å²) >= 11 is 0. The van der Waals surface area contributed by atoms with E-state index in [-0.39, 0.29) is 24.1 Å². The number of carbonyl (C=O) groups excluding carboxylic acids is 1. The normalized spacial score (nSPS) is 16.4. The fourth-order valence-corrected chi connectivity index (χ4v) is 4.35. The predicted molar refractivity (Wildman–Crippen MR) is 124 cm³/mol. The van der Waals surface area contributed by atoms with Crippen LogP contribution in [0, 0.1) is 17.8 Å². The maximum atomic E-state index is 11.5. The number of hydrogen-bond acceptors (Lipinski definition) is 4. The SMILES string of the molecule is CC/C=C/CCCCCCCCC[N+](CC(C)C(=O)[O-])(CC(C)C(=O)O)CC(C)C(=O)O. The molecule has 0 spiro atoms. The standard InChI is InChI=1S/C25H45NO6/c1-5-6-7-8-9-10-11-12-13-14-15-16-26(17-20(2)23(27)28,18-21(3)24(29)30)19-22(4)25(31)32/h6-7,20-22H,5,8-19H2,1-4H3,(H2-,27,28,29,30,31,32)/b7-6+. The minimum atomic E-state index is -1.19. The van der Waals surface area contributed by atoms with Crippen molar-refractivity contribution in [1.82, 2.24) is 0 Å². The summed E-state index contributed by atoms with van der Waals surface area (Å²) in [5.41, 5.74) is 0. The first-order valence-corrected chi connectivity index (χ1v) is 12.2. The van der Waals surface area contributed by atoms with Crippen LogP contribution in [0.1, 0.15) is 85.5 Å². The van der Waals surface area contributed by atoms with Gasteiger partial charge in [0.2, 0.25) is 0 Å². The second kappa shape index (κ2) is 16.7. The highest BCUT2D eigenvalue weighted by molar-refractivity contribution is 5.70. The van der Waals surface area contributed by atoms with E-state index in [2.05, 4.69) is 19.1 Å². The number of carboxylic acids is 3. The Morgan fingerprint density at radius 3 is 1.62 bits per heavy atom. The van der Waals surface area contributed by atoms with Crippen LogP contribution in [-0.2, 0) is 14.4 Å². The van der Waals surface area contributed by atoms with Crippen LogP contribution in [0.2, 0.25) is 0 Å². The number of rotatable bonds is 20. The molecule has 0 aliphatic carbocycles. The fourth-order valence-electron chi connectivity index (χ4n) is 4.35. The molecule has 0 aromatic rings. The van der Waals surface area contributed by atoms with E-state index in [0.29, 0.717) is 6.54 Å². The number of carbonyl (C=O) groups is 3. The Morgan fingerprint density at radius 2 is 1.19 bits per heavy atom. The second-order valence-corrected chi connectivity index (χ2v) is 9.45. The van der Waals surface area contributed by atoms with Crippen molar-refractivity contribution in [3.05, 3.63) is 12.2 Å². The molecule has 32 heavy (non-hydrogen) atoms. The van der Waals surface area contributed by atoms with Crippen molar-refractivity contribution in [3.8, 4) is 0 Å². The third-order valence-electron chi connectivity index (χ3n) is 6.13. The lowest BCUT2D eigenvalue weighted by atomic mass is 10.0. The molecule has 0 aromatic carbocycles. The Morgan fingerprint density at radius 1 is 0.750 bits per heavy atom. The van der Waals surface area contributed by atoms with Gasteiger partial charge in [0.05, 0.1) is 26.2 Å². The summed E-state index contributed by atoms with van der Waals surface area (Å²) in [6.45, 7) is 8.08. The van der Waals surface area contributed by atoms with Crippen LogP contribution in [0.3, 0.4) is 0 Å². The zero-order valence-corrected chi connectivity index (χ0v) is 20.6. The number of allylic oxidation sites excluding steroid dienone is 2. The van der Waals surface area contributed by atoms with E-state index in [1.54, 1.807) is 20.8 Å². The number of hydrogen-bond donors (Lipinski definition) is 2. The maximum Gasteiger partial charge on any atom is 0.311 e. The van der Waals surface area contributed by atoms with Crippen LogP contribution in [0.4, 0.5) is 0 Å². The first-order chi connectivity index (χ1) is 15.0. The number of unbranched alkanes of at least 4 members (excludes halogenated alkanes) is 7. The van der Waals surface area contributed by atoms with Gasteiger partial charge in [0.1, 0.15) is 11.8 Å². The van der Waals surface area contributed by atoms with Crippen molar-refractivity contribution in [2.45, 2.75) is 85.5 Å². The molecule has 0 amide bonds. The van der Waals surface area contributed by atoms with Gasteiger partial charge in [-0.25, -0.2) is 0 Å². The third kappa shape index (κ3) is 13.5. The molecule has 0 bridgehead atoms. The van der Waals surface area contributed by atoms with Crippen LogP contribution in [-0.4, -0.2) is 58.8 Å². The quantitative estimate of drug-likeness (QED) is 0.164. The van der Waals surface area contributed by atoms with Crippen LogP contribution in [0.15, 0.2) is 12.2 Å². The highest BCUT2D eigenvalue weighted by Crippen LogP contribution is 2.22. The molecule has 0 saturated heterocycles. The van der Waals surface area contributed by atoms with Crippen molar-refractivity contribution < 1.29 is 34.2 Å². The topological polar surface area (TPSA) is 115 Å². The number of quaternary nitrogens is 1. The highest BCUT2D eigenvalue weighted by Gasteiger charge is 2.36. The van der Waals surface area contributed by atoms with Gasteiger partial charge in [-0.05, 0) is 46.0 Å². The molecule has 0 aliphatic heterocycles. The summed E-state index contributed by atoms with van der Waals surface area (Å²) in [7, 11) is 0. The molecular formula is C25H45NO6. The minimum Gasteiger partial charge on any atom is -0.550 e. The average molecular weight is 456 g/mol. The van der Waals surface area contributed by atoms with E-state index in [9.17, 15) is 29.7 Å². The Bertz CT molecular complexity index is 534. The summed E-state index contributed by atoms with van der Waals surface area (Å²) in [5.74, 6) is -5.25. The minimum absolute atomic E-state index is 0.180. The fraction of sp³-hybridized carbons (Fsp3) is 0.800. The van der Waals surface area contributed by atoms with Crippen molar-refractivity contribution in [1.29, 1.82) is 0 Å². The first kappa shape index (κ1) is 30.1. The van der Waals surface area contributed by atoms with Gasteiger partial charge in [0, 0.05) is 11.9 Å². The van der Waals surface area contributed by atoms with Crippen LogP contribution in [0.25, 0.3) is 0 Å². The van der Waals surface area contributed by atoms with Gasteiger partial charge in [-0.1, -0.05) is 51.7 Å². The Hall–Kier alpha value is -1.89. The van der Waals surface area contributed by atoms with Gasteiger partial charge in [0.25, 0.3) is 0 Å². The van der Waals surface area contributed by atoms with Crippen molar-refractivity contribution in [2.75, 3.05) is 26.2 Å². The Balaban J connectivity index is 4.92. The van der Waals surface area contributed by atoms with E-state index in [1.165, 1.54) is 19.3 Å². The Labute approximate surface area is 194 Å². The largest absolute Gasteiger partial charge is 0.550 e. The predicted octanol–water partition coefficient (Wildman–Crippen LogP) is 3.72. The van der Waals surface area contributed by atoms with Crippen molar-refractivity contribution in [2.24, 2.45) is 17.8 Å². The lowest BCUT2D eigenvalue weighted by molar-refractivity contribution is -0.934. The lowest BCUT2D eigenvalue weighted by Gasteiger charge is -2.43. The second-order valence-electron chi connectivity index (χ2n) is 9.45. The van der Waals surface area contributed by atoms with Crippen LogP contribution < -0.4 is 5.11 Å². The number of aliphatic carboxylic acids is 3. The lowest BCUT2D eigenvalue weighted by Crippen LogP contribution is -2.58. The molecule has 0 rings (SSSR count). The molecule has 0 radical (unpaired) electrons. The van der Waals surface area contributed by atoms with Gasteiger partial charge in [0.15, 0.2) is 0 Å². The van der Waals surface area contributed by atoms with E-state index in [0.717, 1.165) is 38.5 Å². The summed E-state index contributed by atoms with van der Waals surface area (Å²) in [4.78, 5) is 34.5. The molecular weight excluding hydrogens is 410 g/mol. The molecule has 2 N–H and O–H groups in total. The van der Waals surface area contributed by atoms with Crippen molar-refractivity contribution in [3.63, 3.8) is 0 Å². The van der Waals surface area contributed by atoms with E-state index in [4.69, 9.17) is 0 Å². The van der Waals surface area contributed by atoms with Gasteiger partial charge in [-0.3, -0.25) is 9.59 Å². The van der Waals surface area contributed by atoms with Gasteiger partial charge >= 0.3 is 11.9 Å². The molecule has 3 unspecified atom stereocenters. The molecule has 7 heteroatoms. The van der Waals surface area contributed by atoms with E-state index in [1.807, 2.05) is 0 Å². The summed E-state index contributed by atoms with van der Waals surface area (Å²) in [5, 5.41) is 30.3. The first-order valence-electron chi connectivity index (χ1n) is 12.2. The summed E-state index contributed by atoms with van der Waals surface area (Å²) < 4.78 is 0.180. The molecule has 0 aliphatic rings. The molecule has 0 heterocycles. The molecule has 186 valence electrons. The Kier molecular flexibility index (Phi) is 15.7. The zero-order valence-electron chi connectivity index (χ0n) is 20.6. The summed E-state index contributed by atoms with van der Waals surface area (Å²) in [6, 6.07) is 0. The van der Waals surface area contributed by atoms with E-state index >= 15 is 0 Å². The molecule has 0 aromatic heterocycles. The molecule has 0 saturated carbocycles. The monoisotopic (exact) mass is 455 g/mol. The van der Waals surface area contributed by atoms with Crippen LogP contribution >= 0.6 is 0 Å². The highest BCUT2D eigenvalue weighted by atomic mass is 16.4. The van der Waals surface area contributed by atoms with Crippen LogP contribution in [0.5, 0.6) is 0 Å². The van der Waals surface area contributed by atoms with Crippen molar-refractivity contribution >= 4 is 17.9 Å². The van der Waals surface area contributed by atoms with E-state index < -0.39 is 35.7 Å². The number of carboxylic acid groups (broad SMARTS) is 3. The molecule has 7 nitrogen and oxygen atoms in total. The zero-order chi connectivity index (χ0) is 24.6. The van der Waals surface area contributed by atoms with Gasteiger partial charge in [-0.15, -0.1) is 0 Å². The molecule has 3 atom stereocenters. The number of nitrogens with zero attached hydrogens (tertiary/aromatic N) is 1. The molecule has 0 fully saturated rings. The smallest absolute Gasteiger partial charge is 0.311 e. The maximum absolute atomic E-state index is 11.5.